The molecule has 0 radical (unpaired) electrons. The highest BCUT2D eigenvalue weighted by atomic mass is 16.5. The number of rotatable bonds is 4. The molecule has 0 saturated carbocycles. The van der Waals surface area contributed by atoms with Crippen LogP contribution in [-0.4, -0.2) is 6.29 Å². The zero-order valence-corrected chi connectivity index (χ0v) is 15.6. The molecule has 0 saturated heterocycles. The quantitative estimate of drug-likeness (QED) is 0.677. The molecule has 0 aliphatic heterocycles. The highest BCUT2D eigenvalue weighted by Crippen LogP contribution is 2.38. The Morgan fingerprint density at radius 2 is 1.54 bits per heavy atom. The zero-order chi connectivity index (χ0) is 18.0. The van der Waals surface area contributed by atoms with E-state index in [0.717, 1.165) is 23.0 Å². The fourth-order valence-corrected chi connectivity index (χ4v) is 2.62. The van der Waals surface area contributed by atoms with Crippen molar-refractivity contribution in [1.29, 1.82) is 0 Å². The number of carbonyl (C=O) groups is 1. The largest absolute Gasteiger partial charge is 0.488 e. The molecule has 2 aromatic carbocycles. The average molecular weight is 324 g/mol. The lowest BCUT2D eigenvalue weighted by Crippen LogP contribution is -2.19. The van der Waals surface area contributed by atoms with Gasteiger partial charge < -0.3 is 4.74 Å². The summed E-state index contributed by atoms with van der Waals surface area (Å²) in [6.45, 7) is 13.4. The van der Waals surface area contributed by atoms with Crippen LogP contribution < -0.4 is 4.74 Å². The van der Waals surface area contributed by atoms with Crippen LogP contribution in [0.5, 0.6) is 5.75 Å². The molecule has 24 heavy (non-hydrogen) atoms. The Balaban J connectivity index is 2.50. The van der Waals surface area contributed by atoms with Crippen molar-refractivity contribution in [1.82, 2.24) is 0 Å². The van der Waals surface area contributed by atoms with Gasteiger partial charge in [0.15, 0.2) is 6.29 Å². The molecule has 2 rings (SSSR count). The third kappa shape index (κ3) is 4.25. The van der Waals surface area contributed by atoms with Gasteiger partial charge in [0.25, 0.3) is 0 Å². The lowest BCUT2D eigenvalue weighted by atomic mass is 9.79. The molecule has 0 bridgehead atoms. The van der Waals surface area contributed by atoms with Crippen molar-refractivity contribution in [2.45, 2.75) is 59.0 Å². The Hall–Kier alpha value is -2.09. The summed E-state index contributed by atoms with van der Waals surface area (Å²) >= 11 is 0. The van der Waals surface area contributed by atoms with E-state index in [-0.39, 0.29) is 10.8 Å². The minimum atomic E-state index is -0.106. The molecule has 2 nitrogen and oxygen atoms in total. The number of carbonyl (C=O) groups excluding carboxylic acids is 1. The van der Waals surface area contributed by atoms with Gasteiger partial charge >= 0.3 is 0 Å². The molecule has 0 unspecified atom stereocenters. The van der Waals surface area contributed by atoms with Gasteiger partial charge in [0.05, 0.1) is 5.56 Å². The summed E-state index contributed by atoms with van der Waals surface area (Å²) in [6.07, 6.45) is 0.908. The molecule has 0 atom stereocenters. The SMILES string of the molecule is CC(C)(C)c1cc(C=O)c(OCc2ccccc2)c(C(C)(C)C)c1. The van der Waals surface area contributed by atoms with E-state index in [1.807, 2.05) is 36.4 Å². The highest BCUT2D eigenvalue weighted by Gasteiger charge is 2.26. The second-order valence-corrected chi connectivity index (χ2v) is 8.33. The molecule has 2 aromatic rings. The normalized spacial score (nSPS) is 12.1. The van der Waals surface area contributed by atoms with Crippen molar-refractivity contribution in [2.24, 2.45) is 0 Å². The lowest BCUT2D eigenvalue weighted by Gasteiger charge is -2.28. The van der Waals surface area contributed by atoms with Gasteiger partial charge in [0.1, 0.15) is 12.4 Å². The van der Waals surface area contributed by atoms with E-state index in [1.165, 1.54) is 0 Å². The minimum Gasteiger partial charge on any atom is -0.488 e. The van der Waals surface area contributed by atoms with E-state index in [0.29, 0.717) is 17.9 Å². The molecular formula is C22H28O2. The zero-order valence-electron chi connectivity index (χ0n) is 15.6. The fraction of sp³-hybridized carbons (Fsp3) is 0.409. The summed E-state index contributed by atoms with van der Waals surface area (Å²) in [4.78, 5) is 11.7. The molecule has 0 aliphatic rings. The van der Waals surface area contributed by atoms with Gasteiger partial charge in [0, 0.05) is 5.56 Å². The molecule has 0 spiro atoms. The van der Waals surface area contributed by atoms with E-state index >= 15 is 0 Å². The summed E-state index contributed by atoms with van der Waals surface area (Å²) in [7, 11) is 0. The summed E-state index contributed by atoms with van der Waals surface area (Å²) in [5.41, 5.74) is 3.83. The van der Waals surface area contributed by atoms with E-state index in [9.17, 15) is 4.79 Å². The van der Waals surface area contributed by atoms with Crippen LogP contribution >= 0.6 is 0 Å². The number of hydrogen-bond acceptors (Lipinski definition) is 2. The fourth-order valence-electron chi connectivity index (χ4n) is 2.62. The maximum absolute atomic E-state index is 11.7. The Kier molecular flexibility index (Phi) is 5.17. The predicted molar refractivity (Wildman–Crippen MR) is 100 cm³/mol. The number of ether oxygens (including phenoxy) is 1. The molecule has 128 valence electrons. The Morgan fingerprint density at radius 3 is 2.04 bits per heavy atom. The van der Waals surface area contributed by atoms with Crippen LogP contribution in [0.4, 0.5) is 0 Å². The number of hydrogen-bond donors (Lipinski definition) is 0. The van der Waals surface area contributed by atoms with Crippen molar-refractivity contribution >= 4 is 6.29 Å². The first-order valence-corrected chi connectivity index (χ1v) is 8.44. The maximum Gasteiger partial charge on any atom is 0.153 e. The van der Waals surface area contributed by atoms with Crippen LogP contribution in [0.1, 0.15) is 68.6 Å². The van der Waals surface area contributed by atoms with Gasteiger partial charge in [-0.05, 0) is 28.0 Å². The Morgan fingerprint density at radius 1 is 0.917 bits per heavy atom. The van der Waals surface area contributed by atoms with Gasteiger partial charge in [-0.15, -0.1) is 0 Å². The molecule has 0 aliphatic carbocycles. The van der Waals surface area contributed by atoms with Crippen molar-refractivity contribution in [2.75, 3.05) is 0 Å². The second-order valence-electron chi connectivity index (χ2n) is 8.33. The van der Waals surface area contributed by atoms with E-state index in [1.54, 1.807) is 0 Å². The highest BCUT2D eigenvalue weighted by molar-refractivity contribution is 5.81. The first kappa shape index (κ1) is 18.3. The minimum absolute atomic E-state index is 0.0181. The third-order valence-corrected chi connectivity index (χ3v) is 4.14. The topological polar surface area (TPSA) is 26.3 Å². The summed E-state index contributed by atoms with van der Waals surface area (Å²) in [5, 5.41) is 0. The van der Waals surface area contributed by atoms with Crippen LogP contribution in [0.2, 0.25) is 0 Å². The third-order valence-electron chi connectivity index (χ3n) is 4.14. The summed E-state index contributed by atoms with van der Waals surface area (Å²) < 4.78 is 6.11. The van der Waals surface area contributed by atoms with Gasteiger partial charge in [0.2, 0.25) is 0 Å². The molecule has 2 heteroatoms. The van der Waals surface area contributed by atoms with Crippen LogP contribution in [0.25, 0.3) is 0 Å². The van der Waals surface area contributed by atoms with E-state index in [4.69, 9.17) is 4.74 Å². The number of benzene rings is 2. The van der Waals surface area contributed by atoms with Crippen molar-refractivity contribution < 1.29 is 9.53 Å². The van der Waals surface area contributed by atoms with E-state index < -0.39 is 0 Å². The van der Waals surface area contributed by atoms with Gasteiger partial charge in [-0.3, -0.25) is 4.79 Å². The molecule has 0 N–H and O–H groups in total. The van der Waals surface area contributed by atoms with Crippen LogP contribution in [0, 0.1) is 0 Å². The van der Waals surface area contributed by atoms with Crippen molar-refractivity contribution in [3.05, 3.63) is 64.7 Å². The van der Waals surface area contributed by atoms with Crippen LogP contribution in [-0.2, 0) is 17.4 Å². The Labute approximate surface area is 145 Å². The van der Waals surface area contributed by atoms with Crippen LogP contribution in [0.3, 0.4) is 0 Å². The summed E-state index contributed by atoms with van der Waals surface area (Å²) in [5.74, 6) is 0.703. The molecule has 0 heterocycles. The standard InChI is InChI=1S/C22H28O2/c1-21(2,3)18-12-17(14-23)20(19(13-18)22(4,5)6)24-15-16-10-8-7-9-11-16/h7-14H,15H2,1-6H3. The van der Waals surface area contributed by atoms with Crippen molar-refractivity contribution in [3.63, 3.8) is 0 Å². The monoisotopic (exact) mass is 324 g/mol. The Bertz CT molecular complexity index is 701. The predicted octanol–water partition coefficient (Wildman–Crippen LogP) is 5.67. The molecule has 0 fully saturated rings. The molecule has 0 amide bonds. The lowest BCUT2D eigenvalue weighted by molar-refractivity contribution is 0.111. The van der Waals surface area contributed by atoms with Gasteiger partial charge in [-0.1, -0.05) is 77.9 Å². The van der Waals surface area contributed by atoms with E-state index in [2.05, 4.69) is 47.6 Å². The maximum atomic E-state index is 11.7. The number of aldehydes is 1. The molecule has 0 aromatic heterocycles. The van der Waals surface area contributed by atoms with Gasteiger partial charge in [-0.2, -0.15) is 0 Å². The second kappa shape index (κ2) is 6.80. The average Bonchev–Trinajstić information content (AvgIpc) is 2.51. The first-order chi connectivity index (χ1) is 11.1. The smallest absolute Gasteiger partial charge is 0.153 e. The molecular weight excluding hydrogens is 296 g/mol. The van der Waals surface area contributed by atoms with Crippen LogP contribution in [0.15, 0.2) is 42.5 Å². The van der Waals surface area contributed by atoms with Crippen molar-refractivity contribution in [3.8, 4) is 5.75 Å². The first-order valence-electron chi connectivity index (χ1n) is 8.44. The van der Waals surface area contributed by atoms with Gasteiger partial charge in [-0.25, -0.2) is 0 Å². The summed E-state index contributed by atoms with van der Waals surface area (Å²) in [6, 6.07) is 14.2.